The molecule has 1 saturated heterocycles. The number of anilines is 4. The zero-order chi connectivity index (χ0) is 17.8. The van der Waals surface area contributed by atoms with Crippen LogP contribution in [-0.4, -0.2) is 34.6 Å². The van der Waals surface area contributed by atoms with Crippen molar-refractivity contribution in [2.24, 2.45) is 0 Å². The van der Waals surface area contributed by atoms with E-state index in [1.165, 1.54) is 0 Å². The van der Waals surface area contributed by atoms with Crippen molar-refractivity contribution in [2.75, 3.05) is 35.6 Å². The van der Waals surface area contributed by atoms with Gasteiger partial charge in [-0.25, -0.2) is 0 Å². The van der Waals surface area contributed by atoms with Crippen LogP contribution in [0.5, 0.6) is 5.75 Å². The van der Waals surface area contributed by atoms with Crippen LogP contribution in [0.25, 0.3) is 0 Å². The number of hydrogen-bond acceptors (Lipinski definition) is 8. The van der Waals surface area contributed by atoms with Crippen LogP contribution in [-0.2, 0) is 0 Å². The Morgan fingerprint density at radius 2 is 1.96 bits per heavy atom. The second-order valence-electron chi connectivity index (χ2n) is 5.64. The third-order valence-corrected chi connectivity index (χ3v) is 3.90. The van der Waals surface area contributed by atoms with Crippen molar-refractivity contribution in [3.05, 3.63) is 34.4 Å². The number of nitrogens with one attached hydrogen (secondary N) is 1. The highest BCUT2D eigenvalue weighted by molar-refractivity contribution is 5.72. The van der Waals surface area contributed by atoms with Gasteiger partial charge in [0, 0.05) is 18.8 Å². The summed E-state index contributed by atoms with van der Waals surface area (Å²) in [6, 6.07) is 7.28. The van der Waals surface area contributed by atoms with Crippen LogP contribution in [0.3, 0.4) is 0 Å². The lowest BCUT2D eigenvalue weighted by Crippen LogP contribution is -2.22. The van der Waals surface area contributed by atoms with Gasteiger partial charge in [-0.2, -0.15) is 9.97 Å². The number of ether oxygens (including phenoxy) is 1. The molecular formula is C16H20N6O3. The monoisotopic (exact) mass is 344 g/mol. The van der Waals surface area contributed by atoms with Crippen LogP contribution >= 0.6 is 0 Å². The maximum Gasteiger partial charge on any atom is 0.353 e. The molecule has 3 N–H and O–H groups in total. The van der Waals surface area contributed by atoms with Gasteiger partial charge in [0.2, 0.25) is 17.6 Å². The second-order valence-corrected chi connectivity index (χ2v) is 5.64. The van der Waals surface area contributed by atoms with Crippen LogP contribution in [0.4, 0.5) is 29.0 Å². The molecule has 25 heavy (non-hydrogen) atoms. The Labute approximate surface area is 145 Å². The fraction of sp³-hybridized carbons (Fsp3) is 0.375. The number of aromatic nitrogens is 2. The molecule has 3 rings (SSSR count). The number of nitro groups is 1. The Hall–Kier alpha value is -3.10. The van der Waals surface area contributed by atoms with Gasteiger partial charge in [0.15, 0.2) is 0 Å². The van der Waals surface area contributed by atoms with E-state index >= 15 is 0 Å². The average Bonchev–Trinajstić information content (AvgIpc) is 3.10. The van der Waals surface area contributed by atoms with Gasteiger partial charge in [-0.15, -0.1) is 0 Å². The maximum absolute atomic E-state index is 11.4. The van der Waals surface area contributed by atoms with Crippen molar-refractivity contribution in [3.63, 3.8) is 0 Å². The molecule has 0 unspecified atom stereocenters. The summed E-state index contributed by atoms with van der Waals surface area (Å²) in [6.45, 7) is 3.95. The van der Waals surface area contributed by atoms with Gasteiger partial charge in [-0.05, 0) is 44.0 Å². The highest BCUT2D eigenvalue weighted by Crippen LogP contribution is 2.34. The third kappa shape index (κ3) is 3.70. The lowest BCUT2D eigenvalue weighted by Gasteiger charge is -2.17. The van der Waals surface area contributed by atoms with Gasteiger partial charge in [0.1, 0.15) is 5.75 Å². The SMILES string of the molecule is CCOc1ccc(Nc2nc(N)c([N+](=O)[O-])c(N3CCCC3)n2)cc1. The molecule has 1 aliphatic heterocycles. The van der Waals surface area contributed by atoms with E-state index in [1.807, 2.05) is 36.1 Å². The van der Waals surface area contributed by atoms with Crippen LogP contribution in [0, 0.1) is 10.1 Å². The van der Waals surface area contributed by atoms with E-state index in [-0.39, 0.29) is 23.3 Å². The highest BCUT2D eigenvalue weighted by atomic mass is 16.6. The molecule has 1 fully saturated rings. The fourth-order valence-corrected chi connectivity index (χ4v) is 2.77. The Balaban J connectivity index is 1.89. The van der Waals surface area contributed by atoms with Gasteiger partial charge in [0.25, 0.3) is 0 Å². The summed E-state index contributed by atoms with van der Waals surface area (Å²) in [5, 5.41) is 14.4. The summed E-state index contributed by atoms with van der Waals surface area (Å²) < 4.78 is 5.40. The quantitative estimate of drug-likeness (QED) is 0.606. The molecule has 1 aromatic heterocycles. The van der Waals surface area contributed by atoms with Gasteiger partial charge in [-0.3, -0.25) is 10.1 Å². The summed E-state index contributed by atoms with van der Waals surface area (Å²) in [5.41, 5.74) is 6.33. The Kier molecular flexibility index (Phi) is 4.82. The highest BCUT2D eigenvalue weighted by Gasteiger charge is 2.28. The minimum atomic E-state index is -0.524. The van der Waals surface area contributed by atoms with E-state index in [0.29, 0.717) is 6.61 Å². The van der Waals surface area contributed by atoms with Crippen LogP contribution in [0.2, 0.25) is 0 Å². The molecule has 0 spiro atoms. The second kappa shape index (κ2) is 7.20. The molecule has 2 heterocycles. The van der Waals surface area contributed by atoms with Gasteiger partial charge in [0.05, 0.1) is 11.5 Å². The minimum absolute atomic E-state index is 0.143. The number of nitrogen functional groups attached to an aromatic ring is 1. The first-order chi connectivity index (χ1) is 12.1. The van der Waals surface area contributed by atoms with Gasteiger partial charge < -0.3 is 20.7 Å². The summed E-state index contributed by atoms with van der Waals surface area (Å²) in [6.07, 6.45) is 1.95. The molecule has 132 valence electrons. The molecular weight excluding hydrogens is 324 g/mol. The molecule has 0 saturated carbocycles. The lowest BCUT2D eigenvalue weighted by molar-refractivity contribution is -0.383. The molecule has 1 aromatic carbocycles. The molecule has 0 aliphatic carbocycles. The fourth-order valence-electron chi connectivity index (χ4n) is 2.77. The summed E-state index contributed by atoms with van der Waals surface area (Å²) in [4.78, 5) is 21.1. The average molecular weight is 344 g/mol. The van der Waals surface area contributed by atoms with Crippen molar-refractivity contribution < 1.29 is 9.66 Å². The number of hydrogen-bond donors (Lipinski definition) is 2. The predicted octanol–water partition coefficient (Wildman–Crippen LogP) is 2.71. The van der Waals surface area contributed by atoms with Gasteiger partial charge >= 0.3 is 5.69 Å². The molecule has 1 aliphatic rings. The van der Waals surface area contributed by atoms with E-state index in [2.05, 4.69) is 15.3 Å². The minimum Gasteiger partial charge on any atom is -0.494 e. The van der Waals surface area contributed by atoms with Crippen molar-refractivity contribution in [1.29, 1.82) is 0 Å². The van der Waals surface area contributed by atoms with Crippen molar-refractivity contribution in [2.45, 2.75) is 19.8 Å². The smallest absolute Gasteiger partial charge is 0.353 e. The molecule has 0 amide bonds. The topological polar surface area (TPSA) is 119 Å². The largest absolute Gasteiger partial charge is 0.494 e. The number of nitrogens with two attached hydrogens (primary N) is 1. The number of benzene rings is 1. The molecule has 0 atom stereocenters. The first-order valence-corrected chi connectivity index (χ1v) is 8.15. The van der Waals surface area contributed by atoms with E-state index in [1.54, 1.807) is 0 Å². The lowest BCUT2D eigenvalue weighted by atomic mass is 10.3. The van der Waals surface area contributed by atoms with Gasteiger partial charge in [-0.1, -0.05) is 0 Å². The number of nitrogens with zero attached hydrogens (tertiary/aromatic N) is 4. The molecule has 2 aromatic rings. The first-order valence-electron chi connectivity index (χ1n) is 8.15. The summed E-state index contributed by atoms with van der Waals surface area (Å²) >= 11 is 0. The van der Waals surface area contributed by atoms with Crippen molar-refractivity contribution in [3.8, 4) is 5.75 Å². The normalized spacial score (nSPS) is 13.7. The van der Waals surface area contributed by atoms with Crippen LogP contribution < -0.4 is 20.7 Å². The van der Waals surface area contributed by atoms with Crippen molar-refractivity contribution in [1.82, 2.24) is 9.97 Å². The van der Waals surface area contributed by atoms with Crippen LogP contribution in [0.1, 0.15) is 19.8 Å². The predicted molar refractivity (Wildman–Crippen MR) is 95.4 cm³/mol. The standard InChI is InChI=1S/C16H20N6O3/c1-2-25-12-7-5-11(6-8-12)18-16-19-14(17)13(22(23)24)15(20-16)21-9-3-4-10-21/h5-8H,2-4,9-10H2,1H3,(H3,17,18,19,20). The molecule has 9 nitrogen and oxygen atoms in total. The summed E-state index contributed by atoms with van der Waals surface area (Å²) in [7, 11) is 0. The van der Waals surface area contributed by atoms with E-state index in [4.69, 9.17) is 10.5 Å². The van der Waals surface area contributed by atoms with E-state index < -0.39 is 4.92 Å². The maximum atomic E-state index is 11.4. The summed E-state index contributed by atoms with van der Waals surface area (Å²) in [5.74, 6) is 1.11. The molecule has 0 radical (unpaired) electrons. The zero-order valence-corrected chi connectivity index (χ0v) is 13.9. The Bertz CT molecular complexity index is 759. The molecule has 9 heteroatoms. The Morgan fingerprint density at radius 3 is 2.56 bits per heavy atom. The molecule has 0 bridgehead atoms. The van der Waals surface area contributed by atoms with E-state index in [9.17, 15) is 10.1 Å². The first kappa shape index (κ1) is 16.7. The Morgan fingerprint density at radius 1 is 1.28 bits per heavy atom. The third-order valence-electron chi connectivity index (χ3n) is 3.90. The zero-order valence-electron chi connectivity index (χ0n) is 13.9. The number of rotatable bonds is 6. The van der Waals surface area contributed by atoms with Crippen LogP contribution in [0.15, 0.2) is 24.3 Å². The van der Waals surface area contributed by atoms with Crippen molar-refractivity contribution >= 4 is 29.0 Å². The van der Waals surface area contributed by atoms with E-state index in [0.717, 1.165) is 37.4 Å².